The number of anilines is 2. The molecule has 0 saturated carbocycles. The first kappa shape index (κ1) is 13.1. The molecular weight excluding hydrogens is 275 g/mol. The summed E-state index contributed by atoms with van der Waals surface area (Å²) in [5.41, 5.74) is 1.38. The third kappa shape index (κ3) is 2.31. The largest absolute Gasteiger partial charge is 0.478 e. The van der Waals surface area contributed by atoms with Crippen LogP contribution in [0.4, 0.5) is 15.8 Å². The molecule has 3 N–H and O–H groups in total. The van der Waals surface area contributed by atoms with E-state index in [2.05, 4.69) is 10.6 Å². The highest BCUT2D eigenvalue weighted by molar-refractivity contribution is 6.05. The van der Waals surface area contributed by atoms with E-state index >= 15 is 0 Å². The van der Waals surface area contributed by atoms with Gasteiger partial charge < -0.3 is 15.7 Å². The van der Waals surface area contributed by atoms with Crippen molar-refractivity contribution in [2.24, 2.45) is 0 Å². The van der Waals surface area contributed by atoms with Gasteiger partial charge in [0.05, 0.1) is 5.56 Å². The number of carbonyl (C=O) groups is 2. The predicted octanol–water partition coefficient (Wildman–Crippen LogP) is 2.63. The van der Waals surface area contributed by atoms with Crippen LogP contribution in [-0.2, 0) is 4.79 Å². The molecule has 5 nitrogen and oxygen atoms in total. The molecule has 2 aromatic carbocycles. The highest BCUT2D eigenvalue weighted by Gasteiger charge is 2.31. The molecule has 1 aliphatic rings. The van der Waals surface area contributed by atoms with E-state index in [1.807, 2.05) is 0 Å². The number of carboxylic acid groups (broad SMARTS) is 1. The lowest BCUT2D eigenvalue weighted by atomic mass is 10.1. The summed E-state index contributed by atoms with van der Waals surface area (Å²) in [7, 11) is 0. The Morgan fingerprint density at radius 1 is 1.24 bits per heavy atom. The number of rotatable bonds is 3. The lowest BCUT2D eigenvalue weighted by Crippen LogP contribution is -2.20. The summed E-state index contributed by atoms with van der Waals surface area (Å²) >= 11 is 0. The number of amides is 1. The summed E-state index contributed by atoms with van der Waals surface area (Å²) in [6, 6.07) is 9.56. The van der Waals surface area contributed by atoms with Gasteiger partial charge in [0, 0.05) is 16.9 Å². The second-order valence-electron chi connectivity index (χ2n) is 4.65. The van der Waals surface area contributed by atoms with Gasteiger partial charge in [-0.25, -0.2) is 9.18 Å². The maximum absolute atomic E-state index is 13.2. The van der Waals surface area contributed by atoms with Gasteiger partial charge in [-0.15, -0.1) is 0 Å². The molecule has 0 fully saturated rings. The Morgan fingerprint density at radius 3 is 2.76 bits per heavy atom. The minimum absolute atomic E-state index is 0.0702. The molecule has 0 radical (unpaired) electrons. The molecule has 0 bridgehead atoms. The fourth-order valence-corrected chi connectivity index (χ4v) is 2.33. The highest BCUT2D eigenvalue weighted by Crippen LogP contribution is 2.34. The van der Waals surface area contributed by atoms with Gasteiger partial charge in [0.1, 0.15) is 11.9 Å². The minimum Gasteiger partial charge on any atom is -0.478 e. The molecule has 1 heterocycles. The maximum atomic E-state index is 13.2. The van der Waals surface area contributed by atoms with Crippen LogP contribution in [0, 0.1) is 5.82 Å². The monoisotopic (exact) mass is 286 g/mol. The van der Waals surface area contributed by atoms with Gasteiger partial charge in [-0.3, -0.25) is 4.79 Å². The second-order valence-corrected chi connectivity index (χ2v) is 4.65. The van der Waals surface area contributed by atoms with Crippen LogP contribution in [0.15, 0.2) is 42.5 Å². The Morgan fingerprint density at radius 2 is 2.00 bits per heavy atom. The summed E-state index contributed by atoms with van der Waals surface area (Å²) in [4.78, 5) is 23.2. The van der Waals surface area contributed by atoms with Crippen LogP contribution in [0.5, 0.6) is 0 Å². The van der Waals surface area contributed by atoms with Gasteiger partial charge in [-0.05, 0) is 24.3 Å². The molecule has 1 unspecified atom stereocenters. The van der Waals surface area contributed by atoms with Gasteiger partial charge in [0.15, 0.2) is 0 Å². The molecule has 0 aromatic heterocycles. The van der Waals surface area contributed by atoms with Crippen LogP contribution >= 0.6 is 0 Å². The number of nitrogens with one attached hydrogen (secondary N) is 2. The Kier molecular flexibility index (Phi) is 3.06. The molecule has 3 rings (SSSR count). The smallest absolute Gasteiger partial charge is 0.337 e. The van der Waals surface area contributed by atoms with Crippen LogP contribution < -0.4 is 10.6 Å². The van der Waals surface area contributed by atoms with Crippen molar-refractivity contribution < 1.29 is 19.1 Å². The normalized spacial score (nSPS) is 16.2. The summed E-state index contributed by atoms with van der Waals surface area (Å²) in [6.45, 7) is 0. The van der Waals surface area contributed by atoms with Crippen molar-refractivity contribution in [2.45, 2.75) is 6.04 Å². The average molecular weight is 286 g/mol. The van der Waals surface area contributed by atoms with Crippen LogP contribution in [0.2, 0.25) is 0 Å². The van der Waals surface area contributed by atoms with E-state index in [1.54, 1.807) is 18.2 Å². The number of benzene rings is 2. The first-order valence-corrected chi connectivity index (χ1v) is 6.25. The molecule has 2 aromatic rings. The zero-order valence-electron chi connectivity index (χ0n) is 10.8. The van der Waals surface area contributed by atoms with E-state index in [4.69, 9.17) is 5.11 Å². The number of carboxylic acids is 1. The molecular formula is C15H11FN2O3. The van der Waals surface area contributed by atoms with E-state index in [-0.39, 0.29) is 11.5 Å². The van der Waals surface area contributed by atoms with Crippen molar-refractivity contribution in [1.82, 2.24) is 0 Å². The number of para-hydroxylation sites is 1. The molecule has 106 valence electrons. The quantitative estimate of drug-likeness (QED) is 0.810. The number of aromatic carboxylic acids is 1. The number of carbonyl (C=O) groups excluding carboxylic acids is 1. The topological polar surface area (TPSA) is 78.4 Å². The predicted molar refractivity (Wildman–Crippen MR) is 74.8 cm³/mol. The van der Waals surface area contributed by atoms with Crippen LogP contribution in [0.25, 0.3) is 0 Å². The Labute approximate surface area is 119 Å². The van der Waals surface area contributed by atoms with Gasteiger partial charge in [0.2, 0.25) is 0 Å². The minimum atomic E-state index is -1.09. The first-order valence-electron chi connectivity index (χ1n) is 6.25. The van der Waals surface area contributed by atoms with Gasteiger partial charge in [-0.2, -0.15) is 0 Å². The molecule has 0 aliphatic carbocycles. The lowest BCUT2D eigenvalue weighted by Gasteiger charge is -2.14. The third-order valence-electron chi connectivity index (χ3n) is 3.30. The Hall–Kier alpha value is -2.89. The Balaban J connectivity index is 1.97. The van der Waals surface area contributed by atoms with Gasteiger partial charge in [-0.1, -0.05) is 18.2 Å². The standard InChI is InChI=1S/C15H11FN2O3/c16-8-5-6-9-12(7-8)18-14(19)13(9)17-11-4-2-1-3-10(11)15(20)21/h1-7,13,17H,(H,18,19)(H,20,21). The molecule has 0 saturated heterocycles. The summed E-state index contributed by atoms with van der Waals surface area (Å²) in [5, 5.41) is 14.6. The van der Waals surface area contributed by atoms with E-state index in [0.717, 1.165) is 0 Å². The second kappa shape index (κ2) is 4.90. The van der Waals surface area contributed by atoms with Crippen LogP contribution in [-0.4, -0.2) is 17.0 Å². The zero-order valence-corrected chi connectivity index (χ0v) is 10.8. The first-order chi connectivity index (χ1) is 10.1. The number of halogens is 1. The van der Waals surface area contributed by atoms with Gasteiger partial charge >= 0.3 is 5.97 Å². The van der Waals surface area contributed by atoms with E-state index < -0.39 is 17.8 Å². The van der Waals surface area contributed by atoms with E-state index in [0.29, 0.717) is 16.9 Å². The fourth-order valence-electron chi connectivity index (χ4n) is 2.33. The van der Waals surface area contributed by atoms with Crippen LogP contribution in [0.1, 0.15) is 22.0 Å². The van der Waals surface area contributed by atoms with Crippen molar-refractivity contribution in [2.75, 3.05) is 10.6 Å². The molecule has 1 aliphatic heterocycles. The zero-order chi connectivity index (χ0) is 15.0. The fraction of sp³-hybridized carbons (Fsp3) is 0.0667. The molecule has 21 heavy (non-hydrogen) atoms. The van der Waals surface area contributed by atoms with Crippen molar-refractivity contribution in [1.29, 1.82) is 0 Å². The summed E-state index contributed by atoms with van der Waals surface area (Å²) in [5.74, 6) is -1.88. The van der Waals surface area contributed by atoms with Crippen molar-refractivity contribution >= 4 is 23.3 Å². The molecule has 1 atom stereocenters. The highest BCUT2D eigenvalue weighted by atomic mass is 19.1. The molecule has 1 amide bonds. The number of fused-ring (bicyclic) bond motifs is 1. The SMILES string of the molecule is O=C(O)c1ccccc1NC1C(=O)Nc2cc(F)ccc21. The average Bonchev–Trinajstić information content (AvgIpc) is 2.74. The van der Waals surface area contributed by atoms with Crippen molar-refractivity contribution in [3.8, 4) is 0 Å². The lowest BCUT2D eigenvalue weighted by molar-refractivity contribution is -0.116. The summed E-state index contributed by atoms with van der Waals surface area (Å²) in [6.07, 6.45) is 0. The third-order valence-corrected chi connectivity index (χ3v) is 3.30. The Bertz CT molecular complexity index is 745. The van der Waals surface area contributed by atoms with Crippen molar-refractivity contribution in [3.05, 3.63) is 59.4 Å². The molecule has 6 heteroatoms. The van der Waals surface area contributed by atoms with E-state index in [1.165, 1.54) is 24.3 Å². The van der Waals surface area contributed by atoms with Gasteiger partial charge in [0.25, 0.3) is 5.91 Å². The maximum Gasteiger partial charge on any atom is 0.337 e. The van der Waals surface area contributed by atoms with Crippen LogP contribution in [0.3, 0.4) is 0 Å². The molecule has 0 spiro atoms. The van der Waals surface area contributed by atoms with Crippen molar-refractivity contribution in [3.63, 3.8) is 0 Å². The number of hydrogen-bond donors (Lipinski definition) is 3. The number of hydrogen-bond acceptors (Lipinski definition) is 3. The van der Waals surface area contributed by atoms with E-state index in [9.17, 15) is 14.0 Å². The summed E-state index contributed by atoms with van der Waals surface area (Å²) < 4.78 is 13.2.